The summed E-state index contributed by atoms with van der Waals surface area (Å²) in [5.41, 5.74) is 0. The fraction of sp³-hybridized carbons (Fsp3) is 0.400. The van der Waals surface area contributed by atoms with Gasteiger partial charge in [0, 0.05) is 12.5 Å². The summed E-state index contributed by atoms with van der Waals surface area (Å²) >= 11 is 0. The molecule has 0 aromatic heterocycles. The maximum Gasteiger partial charge on any atom is 0.189 e. The zero-order valence-electron chi connectivity index (χ0n) is 9.84. The van der Waals surface area contributed by atoms with Crippen LogP contribution in [0.1, 0.15) is 0 Å². The van der Waals surface area contributed by atoms with Crippen LogP contribution in [-0.4, -0.2) is 37.3 Å². The Labute approximate surface area is 106 Å². The maximum absolute atomic E-state index is 12.0. The number of methoxy groups -OCH3 is 1. The Bertz CT molecular complexity index is 558. The highest BCUT2D eigenvalue weighted by Crippen LogP contribution is 2.28. The highest BCUT2D eigenvalue weighted by atomic mass is 35.7. The van der Waals surface area contributed by atoms with Crippen molar-refractivity contribution < 1.29 is 17.4 Å². The van der Waals surface area contributed by atoms with Crippen molar-refractivity contribution in [1.82, 2.24) is 0 Å². The Kier molecular flexibility index (Phi) is 3.63. The Hall–Kier alpha value is -0.590. The lowest BCUT2D eigenvalue weighted by molar-refractivity contribution is 0.414. The van der Waals surface area contributed by atoms with Crippen LogP contribution in [0.3, 0.4) is 0 Å². The molecule has 0 spiro atoms. The number of halogens is 1. The zero-order chi connectivity index (χ0) is 13.3. The van der Waals surface area contributed by atoms with E-state index in [1.54, 1.807) is 0 Å². The van der Waals surface area contributed by atoms with Gasteiger partial charge in [-0.05, 0) is 43.2 Å². The quantitative estimate of drug-likeness (QED) is 0.793. The summed E-state index contributed by atoms with van der Waals surface area (Å²) in [6, 6.07) is 5.88. The number of benzene rings is 1. The molecule has 0 atom stereocenters. The number of rotatable bonds is 4. The van der Waals surface area contributed by atoms with Crippen molar-refractivity contribution in [3.8, 4) is 5.75 Å². The molecule has 98 valence electrons. The molecule has 4 nitrogen and oxygen atoms in total. The van der Waals surface area contributed by atoms with E-state index in [2.05, 4.69) is 0 Å². The first kappa shape index (κ1) is 14.5. The smallest absolute Gasteiger partial charge is 0.189 e. The van der Waals surface area contributed by atoms with Gasteiger partial charge in [0.15, 0.2) is 9.84 Å². The van der Waals surface area contributed by atoms with E-state index in [9.17, 15) is 12.6 Å². The second-order valence-corrected chi connectivity index (χ2v) is 13.7. The molecule has 0 saturated heterocycles. The molecule has 0 aliphatic heterocycles. The number of ether oxygens (including phenoxy) is 1. The summed E-state index contributed by atoms with van der Waals surface area (Å²) in [6.07, 6.45) is 2.50. The normalized spacial score (nSPS) is 14.9. The highest BCUT2D eigenvalue weighted by Gasteiger charge is 2.30. The second kappa shape index (κ2) is 4.26. The fourth-order valence-electron chi connectivity index (χ4n) is 1.28. The van der Waals surface area contributed by atoms with Crippen LogP contribution in [0.4, 0.5) is 0 Å². The first-order chi connectivity index (χ1) is 7.50. The minimum Gasteiger partial charge on any atom is -0.497 e. The van der Waals surface area contributed by atoms with E-state index in [1.807, 2.05) is 0 Å². The summed E-state index contributed by atoms with van der Waals surface area (Å²) in [6.45, 7) is 0. The SMILES string of the molecule is COc1ccc(S(=O)(=O)CS(C)(C)(=O)Cl)cc1. The molecule has 0 amide bonds. The van der Waals surface area contributed by atoms with Gasteiger partial charge in [-0.3, -0.25) is 4.21 Å². The lowest BCUT2D eigenvalue weighted by Gasteiger charge is -2.24. The van der Waals surface area contributed by atoms with E-state index in [4.69, 9.17) is 15.4 Å². The topological polar surface area (TPSA) is 60.4 Å². The molecule has 1 rings (SSSR count). The minimum atomic E-state index is -3.65. The lowest BCUT2D eigenvalue weighted by Crippen LogP contribution is -2.30. The van der Waals surface area contributed by atoms with Gasteiger partial charge in [0.05, 0.1) is 12.0 Å². The van der Waals surface area contributed by atoms with Gasteiger partial charge in [0.2, 0.25) is 0 Å². The Balaban J connectivity index is 3.11. The largest absolute Gasteiger partial charge is 0.497 e. The van der Waals surface area contributed by atoms with Gasteiger partial charge in [-0.25, -0.2) is 8.42 Å². The molecule has 0 saturated carbocycles. The molecular weight excluding hydrogens is 284 g/mol. The Morgan fingerprint density at radius 3 is 2.06 bits per heavy atom. The van der Waals surface area contributed by atoms with E-state index in [-0.39, 0.29) is 4.90 Å². The van der Waals surface area contributed by atoms with Gasteiger partial charge in [0.1, 0.15) is 10.8 Å². The second-order valence-electron chi connectivity index (χ2n) is 4.33. The van der Waals surface area contributed by atoms with E-state index in [0.29, 0.717) is 5.75 Å². The fourth-order valence-corrected chi connectivity index (χ4v) is 6.89. The van der Waals surface area contributed by atoms with Gasteiger partial charge in [-0.15, -0.1) is 0 Å². The number of hydrogen-bond donors (Lipinski definition) is 0. The van der Waals surface area contributed by atoms with Crippen LogP contribution in [0, 0.1) is 0 Å². The standard InChI is InChI=1S/C10H15ClO4S2/c1-15-9-4-6-10(7-5-9)16(12,13)8-17(2,3,11)14/h4-7H,8H2,1-3H3. The van der Waals surface area contributed by atoms with E-state index >= 15 is 0 Å². The zero-order valence-corrected chi connectivity index (χ0v) is 12.2. The van der Waals surface area contributed by atoms with E-state index in [0.717, 1.165) is 0 Å². The molecule has 0 bridgehead atoms. The van der Waals surface area contributed by atoms with Gasteiger partial charge in [0.25, 0.3) is 0 Å². The van der Waals surface area contributed by atoms with Crippen molar-refractivity contribution in [2.24, 2.45) is 0 Å². The number of sulfone groups is 1. The molecule has 7 heteroatoms. The third-order valence-electron chi connectivity index (χ3n) is 1.90. The van der Waals surface area contributed by atoms with Crippen molar-refractivity contribution >= 4 is 28.8 Å². The van der Waals surface area contributed by atoms with Gasteiger partial charge in [-0.2, -0.15) is 0 Å². The van der Waals surface area contributed by atoms with Crippen LogP contribution in [-0.2, 0) is 18.1 Å². The summed E-state index contributed by atoms with van der Waals surface area (Å²) in [5, 5.41) is -0.571. The van der Waals surface area contributed by atoms with Crippen molar-refractivity contribution in [1.29, 1.82) is 0 Å². The van der Waals surface area contributed by atoms with Crippen LogP contribution in [0.2, 0.25) is 0 Å². The van der Waals surface area contributed by atoms with Crippen molar-refractivity contribution in [2.45, 2.75) is 4.90 Å². The van der Waals surface area contributed by atoms with Gasteiger partial charge >= 0.3 is 0 Å². The monoisotopic (exact) mass is 298 g/mol. The third-order valence-corrected chi connectivity index (χ3v) is 7.56. The van der Waals surface area contributed by atoms with Crippen LogP contribution in [0.5, 0.6) is 5.75 Å². The average molecular weight is 299 g/mol. The van der Waals surface area contributed by atoms with Crippen LogP contribution < -0.4 is 4.74 Å². The highest BCUT2D eigenvalue weighted by molar-refractivity contribution is 8.41. The molecule has 0 aliphatic carbocycles. The first-order valence-corrected chi connectivity index (χ1v) is 10.1. The van der Waals surface area contributed by atoms with E-state index in [1.165, 1.54) is 43.9 Å². The molecular formula is C10H15ClO4S2. The maximum atomic E-state index is 12.0. The molecule has 0 aliphatic rings. The molecule has 0 fully saturated rings. The van der Waals surface area contributed by atoms with Crippen LogP contribution in [0.25, 0.3) is 0 Å². The Morgan fingerprint density at radius 2 is 1.71 bits per heavy atom. The summed E-state index contributed by atoms with van der Waals surface area (Å²) in [4.78, 5) is 0.0847. The molecule has 17 heavy (non-hydrogen) atoms. The molecule has 0 N–H and O–H groups in total. The van der Waals surface area contributed by atoms with E-state index < -0.39 is 23.2 Å². The van der Waals surface area contributed by atoms with Gasteiger partial charge < -0.3 is 4.74 Å². The average Bonchev–Trinajstić information content (AvgIpc) is 2.13. The first-order valence-electron chi connectivity index (χ1n) is 4.69. The summed E-state index contributed by atoms with van der Waals surface area (Å²) in [7, 11) is -0.0478. The predicted octanol–water partition coefficient (Wildman–Crippen LogP) is 1.66. The number of hydrogen-bond acceptors (Lipinski definition) is 4. The minimum absolute atomic E-state index is 0.0847. The van der Waals surface area contributed by atoms with Crippen molar-refractivity contribution in [2.75, 3.05) is 24.7 Å². The van der Waals surface area contributed by atoms with Crippen molar-refractivity contribution in [3.63, 3.8) is 0 Å². The third kappa shape index (κ3) is 4.65. The lowest BCUT2D eigenvalue weighted by atomic mass is 10.3. The van der Waals surface area contributed by atoms with Crippen LogP contribution >= 0.6 is 10.7 Å². The van der Waals surface area contributed by atoms with Crippen molar-refractivity contribution in [3.05, 3.63) is 24.3 Å². The molecule has 1 aromatic rings. The summed E-state index contributed by atoms with van der Waals surface area (Å²) in [5.74, 6) is 0.556. The Morgan fingerprint density at radius 1 is 1.24 bits per heavy atom. The molecule has 0 heterocycles. The summed E-state index contributed by atoms with van der Waals surface area (Å²) < 4.78 is 40.7. The predicted molar refractivity (Wildman–Crippen MR) is 70.9 cm³/mol. The molecule has 0 radical (unpaired) electrons. The van der Waals surface area contributed by atoms with Gasteiger partial charge in [-0.1, -0.05) is 0 Å². The molecule has 1 aromatic carbocycles. The molecule has 0 unspecified atom stereocenters. The van der Waals surface area contributed by atoms with Crippen LogP contribution in [0.15, 0.2) is 29.2 Å².